The van der Waals surface area contributed by atoms with Crippen molar-refractivity contribution in [1.82, 2.24) is 4.90 Å². The van der Waals surface area contributed by atoms with Gasteiger partial charge in [0.15, 0.2) is 0 Å². The van der Waals surface area contributed by atoms with E-state index >= 15 is 0 Å². The third kappa shape index (κ3) is 3.57. The molecule has 1 amide bonds. The molecule has 1 aromatic rings. The van der Waals surface area contributed by atoms with Crippen LogP contribution in [-0.4, -0.2) is 33.4 Å². The van der Waals surface area contributed by atoms with E-state index in [9.17, 15) is 4.79 Å². The van der Waals surface area contributed by atoms with Crippen LogP contribution in [-0.2, 0) is 4.79 Å². The van der Waals surface area contributed by atoms with E-state index in [1.165, 1.54) is 16.7 Å². The monoisotopic (exact) mass is 313 g/mol. The third-order valence-corrected chi connectivity index (χ3v) is 4.17. The van der Waals surface area contributed by atoms with E-state index in [2.05, 4.69) is 0 Å². The standard InChI is InChI=1S/C13H12ClNO2S2/c14-10-4-1-3-9(7-10)8-11-12(17)15(5-2-6-16)13(18)19-11/h1,3-4,7-8,16H,2,5-6H2/b11-8-. The van der Waals surface area contributed by atoms with Crippen LogP contribution in [0.4, 0.5) is 0 Å². The first-order valence-corrected chi connectivity index (χ1v) is 7.34. The largest absolute Gasteiger partial charge is 0.396 e. The number of hydrogen-bond acceptors (Lipinski definition) is 4. The first-order valence-electron chi connectivity index (χ1n) is 5.73. The lowest BCUT2D eigenvalue weighted by Gasteiger charge is -2.12. The highest BCUT2D eigenvalue weighted by molar-refractivity contribution is 8.26. The summed E-state index contributed by atoms with van der Waals surface area (Å²) in [7, 11) is 0. The Hall–Kier alpha value is -0.880. The Labute approximate surface area is 126 Å². The van der Waals surface area contributed by atoms with Gasteiger partial charge in [-0.1, -0.05) is 47.7 Å². The summed E-state index contributed by atoms with van der Waals surface area (Å²) in [5.74, 6) is -0.108. The molecule has 1 aliphatic rings. The fourth-order valence-corrected chi connectivity index (χ4v) is 3.18. The van der Waals surface area contributed by atoms with Crippen molar-refractivity contribution in [1.29, 1.82) is 0 Å². The molecule has 0 spiro atoms. The first kappa shape index (κ1) is 14.5. The predicted molar refractivity (Wildman–Crippen MR) is 83.0 cm³/mol. The number of aliphatic hydroxyl groups excluding tert-OH is 1. The minimum Gasteiger partial charge on any atom is -0.396 e. The number of thioether (sulfide) groups is 1. The van der Waals surface area contributed by atoms with Gasteiger partial charge in [0.25, 0.3) is 5.91 Å². The van der Waals surface area contributed by atoms with E-state index in [-0.39, 0.29) is 12.5 Å². The molecule has 1 aromatic carbocycles. The lowest BCUT2D eigenvalue weighted by molar-refractivity contribution is -0.122. The second-order valence-electron chi connectivity index (χ2n) is 3.97. The molecular weight excluding hydrogens is 302 g/mol. The zero-order valence-corrected chi connectivity index (χ0v) is 12.4. The summed E-state index contributed by atoms with van der Waals surface area (Å²) in [5.41, 5.74) is 0.871. The van der Waals surface area contributed by atoms with Crippen molar-refractivity contribution in [3.8, 4) is 0 Å². The van der Waals surface area contributed by atoms with Gasteiger partial charge in [-0.3, -0.25) is 9.69 Å². The molecule has 1 fully saturated rings. The van der Waals surface area contributed by atoms with Crippen molar-refractivity contribution >= 4 is 51.9 Å². The van der Waals surface area contributed by atoms with Gasteiger partial charge in [-0.05, 0) is 30.2 Å². The molecule has 2 rings (SSSR count). The van der Waals surface area contributed by atoms with Gasteiger partial charge in [0.05, 0.1) is 4.91 Å². The maximum Gasteiger partial charge on any atom is 0.266 e. The van der Waals surface area contributed by atoms with Crippen LogP contribution in [0.2, 0.25) is 5.02 Å². The van der Waals surface area contributed by atoms with E-state index in [0.717, 1.165) is 5.56 Å². The van der Waals surface area contributed by atoms with Gasteiger partial charge in [0, 0.05) is 18.2 Å². The molecule has 0 aromatic heterocycles. The molecule has 3 nitrogen and oxygen atoms in total. The highest BCUT2D eigenvalue weighted by Gasteiger charge is 2.31. The Morgan fingerprint density at radius 1 is 1.47 bits per heavy atom. The lowest BCUT2D eigenvalue weighted by Crippen LogP contribution is -2.29. The van der Waals surface area contributed by atoms with Crippen LogP contribution in [0.15, 0.2) is 29.2 Å². The van der Waals surface area contributed by atoms with Gasteiger partial charge < -0.3 is 5.11 Å². The normalized spacial score (nSPS) is 17.6. The second-order valence-corrected chi connectivity index (χ2v) is 6.08. The molecule has 0 saturated carbocycles. The topological polar surface area (TPSA) is 40.5 Å². The smallest absolute Gasteiger partial charge is 0.266 e. The molecular formula is C13H12ClNO2S2. The number of carbonyl (C=O) groups excluding carboxylic acids is 1. The molecule has 100 valence electrons. The van der Waals surface area contributed by atoms with Gasteiger partial charge in [0.1, 0.15) is 4.32 Å². The van der Waals surface area contributed by atoms with Crippen molar-refractivity contribution < 1.29 is 9.90 Å². The molecule has 0 atom stereocenters. The Bertz CT molecular complexity index is 545. The SMILES string of the molecule is O=C1/C(=C/c2cccc(Cl)c2)SC(=S)N1CCCO. The summed E-state index contributed by atoms with van der Waals surface area (Å²) in [5, 5.41) is 9.44. The van der Waals surface area contributed by atoms with Crippen molar-refractivity contribution in [3.05, 3.63) is 39.8 Å². The number of aliphatic hydroxyl groups is 1. The van der Waals surface area contributed by atoms with E-state index in [4.69, 9.17) is 28.9 Å². The fraction of sp³-hybridized carbons (Fsp3) is 0.231. The highest BCUT2D eigenvalue weighted by atomic mass is 35.5. The number of carbonyl (C=O) groups is 1. The van der Waals surface area contributed by atoms with Crippen LogP contribution in [0.5, 0.6) is 0 Å². The van der Waals surface area contributed by atoms with Gasteiger partial charge >= 0.3 is 0 Å². The van der Waals surface area contributed by atoms with Gasteiger partial charge in [-0.2, -0.15) is 0 Å². The van der Waals surface area contributed by atoms with Gasteiger partial charge in [-0.25, -0.2) is 0 Å². The number of thiocarbonyl (C=S) groups is 1. The molecule has 0 radical (unpaired) electrons. The maximum absolute atomic E-state index is 12.1. The highest BCUT2D eigenvalue weighted by Crippen LogP contribution is 2.32. The molecule has 19 heavy (non-hydrogen) atoms. The second kappa shape index (κ2) is 6.52. The van der Waals surface area contributed by atoms with Crippen molar-refractivity contribution in [3.63, 3.8) is 0 Å². The number of rotatable bonds is 4. The number of halogens is 1. The third-order valence-electron chi connectivity index (χ3n) is 2.56. The van der Waals surface area contributed by atoms with Crippen molar-refractivity contribution in [2.75, 3.05) is 13.2 Å². The van der Waals surface area contributed by atoms with Crippen LogP contribution in [0.3, 0.4) is 0 Å². The fourth-order valence-electron chi connectivity index (χ4n) is 1.67. The Kier molecular flexibility index (Phi) is 4.99. The Morgan fingerprint density at radius 2 is 2.26 bits per heavy atom. The summed E-state index contributed by atoms with van der Waals surface area (Å²) in [6.45, 7) is 0.498. The summed E-state index contributed by atoms with van der Waals surface area (Å²) in [6, 6.07) is 7.29. The van der Waals surface area contributed by atoms with Crippen LogP contribution in [0.1, 0.15) is 12.0 Å². The first-order chi connectivity index (χ1) is 9.11. The van der Waals surface area contributed by atoms with Gasteiger partial charge in [0.2, 0.25) is 0 Å². The van der Waals surface area contributed by atoms with Crippen molar-refractivity contribution in [2.45, 2.75) is 6.42 Å². The zero-order valence-electron chi connectivity index (χ0n) is 10.0. The lowest BCUT2D eigenvalue weighted by atomic mass is 10.2. The van der Waals surface area contributed by atoms with Crippen LogP contribution in [0, 0.1) is 0 Å². The minimum absolute atomic E-state index is 0.0460. The number of hydrogen-bond donors (Lipinski definition) is 1. The van der Waals surface area contributed by atoms with Crippen LogP contribution < -0.4 is 0 Å². The van der Waals surface area contributed by atoms with Gasteiger partial charge in [-0.15, -0.1) is 0 Å². The Balaban J connectivity index is 2.18. The van der Waals surface area contributed by atoms with E-state index in [1.54, 1.807) is 18.2 Å². The predicted octanol–water partition coefficient (Wildman–Crippen LogP) is 2.92. The zero-order chi connectivity index (χ0) is 13.8. The maximum atomic E-state index is 12.1. The summed E-state index contributed by atoms with van der Waals surface area (Å²) >= 11 is 12.4. The molecule has 1 saturated heterocycles. The quantitative estimate of drug-likeness (QED) is 0.685. The van der Waals surface area contributed by atoms with Crippen LogP contribution in [0.25, 0.3) is 6.08 Å². The summed E-state index contributed by atoms with van der Waals surface area (Å²) in [6.07, 6.45) is 2.31. The number of nitrogens with zero attached hydrogens (tertiary/aromatic N) is 1. The molecule has 0 unspecified atom stereocenters. The minimum atomic E-state index is -0.108. The van der Waals surface area contributed by atoms with Crippen molar-refractivity contribution in [2.24, 2.45) is 0 Å². The average Bonchev–Trinajstić information content (AvgIpc) is 2.62. The summed E-state index contributed by atoms with van der Waals surface area (Å²) < 4.78 is 0.534. The molecule has 1 aliphatic heterocycles. The number of benzene rings is 1. The molecule has 0 bridgehead atoms. The van der Waals surface area contributed by atoms with E-state index < -0.39 is 0 Å². The Morgan fingerprint density at radius 3 is 2.95 bits per heavy atom. The van der Waals surface area contributed by atoms with E-state index in [1.807, 2.05) is 12.1 Å². The molecule has 1 N–H and O–H groups in total. The molecule has 6 heteroatoms. The summed E-state index contributed by atoms with van der Waals surface area (Å²) in [4.78, 5) is 14.3. The molecule has 1 heterocycles. The molecule has 0 aliphatic carbocycles. The average molecular weight is 314 g/mol. The number of amides is 1. The van der Waals surface area contributed by atoms with Crippen LogP contribution >= 0.6 is 35.6 Å². The van der Waals surface area contributed by atoms with E-state index in [0.29, 0.717) is 27.2 Å².